The number of hydrogen-bond acceptors (Lipinski definition) is 5. The average Bonchev–Trinajstić information content (AvgIpc) is 2.90. The second-order valence-electron chi connectivity index (χ2n) is 5.47. The molecule has 7 nitrogen and oxygen atoms in total. The van der Waals surface area contributed by atoms with E-state index in [-0.39, 0.29) is 12.5 Å². The molecule has 1 fully saturated rings. The van der Waals surface area contributed by atoms with Crippen LogP contribution in [0.1, 0.15) is 38.2 Å². The predicted octanol–water partition coefficient (Wildman–Crippen LogP) is 2.54. The monoisotopic (exact) mass is 333 g/mol. The topological polar surface area (TPSA) is 80.2 Å². The first kappa shape index (κ1) is 17.8. The number of urea groups is 1. The SMILES string of the molecule is CCCCCCOc1ccc(/C=N\N2CC(=O)NC2=O)cc1OC. The van der Waals surface area contributed by atoms with Crippen molar-refractivity contribution in [2.75, 3.05) is 20.3 Å². The van der Waals surface area contributed by atoms with Crippen LogP contribution in [-0.4, -0.2) is 43.4 Å². The van der Waals surface area contributed by atoms with E-state index in [1.165, 1.54) is 19.1 Å². The second-order valence-corrected chi connectivity index (χ2v) is 5.47. The molecular formula is C17H23N3O4. The summed E-state index contributed by atoms with van der Waals surface area (Å²) < 4.78 is 11.1. The van der Waals surface area contributed by atoms with E-state index in [0.29, 0.717) is 18.1 Å². The van der Waals surface area contributed by atoms with E-state index in [2.05, 4.69) is 17.3 Å². The molecule has 0 unspecified atom stereocenters. The molecule has 1 heterocycles. The number of imide groups is 1. The summed E-state index contributed by atoms with van der Waals surface area (Å²) in [5.41, 5.74) is 0.748. The van der Waals surface area contributed by atoms with Gasteiger partial charge in [-0.3, -0.25) is 10.1 Å². The van der Waals surface area contributed by atoms with Gasteiger partial charge in [-0.2, -0.15) is 5.10 Å². The smallest absolute Gasteiger partial charge is 0.344 e. The van der Waals surface area contributed by atoms with E-state index in [4.69, 9.17) is 9.47 Å². The summed E-state index contributed by atoms with van der Waals surface area (Å²) in [6, 6.07) is 4.90. The molecule has 0 bridgehead atoms. The fraction of sp³-hybridized carbons (Fsp3) is 0.471. The summed E-state index contributed by atoms with van der Waals surface area (Å²) in [6.07, 6.45) is 6.07. The third kappa shape index (κ3) is 4.97. The highest BCUT2D eigenvalue weighted by molar-refractivity contribution is 6.02. The summed E-state index contributed by atoms with van der Waals surface area (Å²) in [7, 11) is 1.58. The molecule has 0 aromatic heterocycles. The number of hydrogen-bond donors (Lipinski definition) is 1. The maximum absolute atomic E-state index is 11.4. The van der Waals surface area contributed by atoms with Gasteiger partial charge in [-0.05, 0) is 30.2 Å². The Labute approximate surface area is 141 Å². The molecule has 7 heteroatoms. The van der Waals surface area contributed by atoms with Crippen molar-refractivity contribution in [1.82, 2.24) is 10.3 Å². The molecule has 0 aliphatic carbocycles. The first-order chi connectivity index (χ1) is 11.6. The molecule has 1 aliphatic heterocycles. The summed E-state index contributed by atoms with van der Waals surface area (Å²) in [5.74, 6) is 0.929. The summed E-state index contributed by atoms with van der Waals surface area (Å²) in [6.45, 7) is 2.76. The van der Waals surface area contributed by atoms with Gasteiger partial charge in [-0.15, -0.1) is 0 Å². The van der Waals surface area contributed by atoms with Crippen molar-refractivity contribution in [3.63, 3.8) is 0 Å². The van der Waals surface area contributed by atoms with Gasteiger partial charge in [0.2, 0.25) is 5.91 Å². The Morgan fingerprint density at radius 1 is 1.25 bits per heavy atom. The third-order valence-electron chi connectivity index (χ3n) is 3.56. The molecule has 1 aromatic carbocycles. The van der Waals surface area contributed by atoms with Gasteiger partial charge in [0.1, 0.15) is 6.54 Å². The maximum atomic E-state index is 11.4. The highest BCUT2D eigenvalue weighted by Gasteiger charge is 2.25. The number of nitrogens with zero attached hydrogens (tertiary/aromatic N) is 2. The Hall–Kier alpha value is -2.57. The van der Waals surface area contributed by atoms with E-state index in [1.54, 1.807) is 13.2 Å². The van der Waals surface area contributed by atoms with Crippen LogP contribution in [-0.2, 0) is 4.79 Å². The largest absolute Gasteiger partial charge is 0.493 e. The van der Waals surface area contributed by atoms with Crippen LogP contribution in [0, 0.1) is 0 Å². The Bertz CT molecular complexity index is 616. The van der Waals surface area contributed by atoms with Gasteiger partial charge in [0.15, 0.2) is 11.5 Å². The number of carbonyl (C=O) groups is 2. The lowest BCUT2D eigenvalue weighted by Gasteiger charge is -2.11. The molecule has 0 atom stereocenters. The van der Waals surface area contributed by atoms with Crippen molar-refractivity contribution in [2.24, 2.45) is 5.10 Å². The van der Waals surface area contributed by atoms with E-state index >= 15 is 0 Å². The number of rotatable bonds is 9. The predicted molar refractivity (Wildman–Crippen MR) is 90.5 cm³/mol. The van der Waals surface area contributed by atoms with Crippen molar-refractivity contribution in [3.8, 4) is 11.5 Å². The molecule has 0 spiro atoms. The lowest BCUT2D eigenvalue weighted by atomic mass is 10.2. The van der Waals surface area contributed by atoms with Gasteiger partial charge in [-0.1, -0.05) is 26.2 Å². The van der Waals surface area contributed by atoms with Gasteiger partial charge in [0.25, 0.3) is 0 Å². The lowest BCUT2D eigenvalue weighted by molar-refractivity contribution is -0.118. The minimum Gasteiger partial charge on any atom is -0.493 e. The van der Waals surface area contributed by atoms with E-state index in [1.807, 2.05) is 12.1 Å². The Morgan fingerprint density at radius 3 is 2.75 bits per heavy atom. The average molecular weight is 333 g/mol. The van der Waals surface area contributed by atoms with Crippen LogP contribution in [0.2, 0.25) is 0 Å². The number of hydrazone groups is 1. The molecule has 0 radical (unpaired) electrons. The van der Waals surface area contributed by atoms with Crippen LogP contribution in [0.3, 0.4) is 0 Å². The molecule has 2 rings (SSSR count). The van der Waals surface area contributed by atoms with E-state index < -0.39 is 6.03 Å². The van der Waals surface area contributed by atoms with Crippen LogP contribution >= 0.6 is 0 Å². The molecule has 3 amide bonds. The van der Waals surface area contributed by atoms with Crippen molar-refractivity contribution in [3.05, 3.63) is 23.8 Å². The minimum atomic E-state index is -0.518. The number of nitrogens with one attached hydrogen (secondary N) is 1. The van der Waals surface area contributed by atoms with Crippen LogP contribution in [0.5, 0.6) is 11.5 Å². The van der Waals surface area contributed by atoms with Crippen molar-refractivity contribution in [1.29, 1.82) is 0 Å². The molecule has 1 N–H and O–H groups in total. The fourth-order valence-corrected chi connectivity index (χ4v) is 2.26. The van der Waals surface area contributed by atoms with Gasteiger partial charge in [-0.25, -0.2) is 9.80 Å². The van der Waals surface area contributed by atoms with Gasteiger partial charge in [0, 0.05) is 0 Å². The summed E-state index contributed by atoms with van der Waals surface area (Å²) in [5, 5.41) is 7.24. The Morgan fingerprint density at radius 2 is 2.08 bits per heavy atom. The Balaban J connectivity index is 1.95. The van der Waals surface area contributed by atoms with Crippen LogP contribution in [0.15, 0.2) is 23.3 Å². The molecule has 1 aliphatic rings. The fourth-order valence-electron chi connectivity index (χ4n) is 2.26. The third-order valence-corrected chi connectivity index (χ3v) is 3.56. The number of benzene rings is 1. The van der Waals surface area contributed by atoms with E-state index in [9.17, 15) is 9.59 Å². The highest BCUT2D eigenvalue weighted by atomic mass is 16.5. The number of methoxy groups -OCH3 is 1. The van der Waals surface area contributed by atoms with Gasteiger partial charge in [0.05, 0.1) is 19.9 Å². The number of unbranched alkanes of at least 4 members (excludes halogenated alkanes) is 3. The molecule has 130 valence electrons. The highest BCUT2D eigenvalue weighted by Crippen LogP contribution is 2.27. The molecule has 24 heavy (non-hydrogen) atoms. The van der Waals surface area contributed by atoms with Crippen LogP contribution in [0.4, 0.5) is 4.79 Å². The first-order valence-corrected chi connectivity index (χ1v) is 8.10. The quantitative estimate of drug-likeness (QED) is 0.428. The van der Waals surface area contributed by atoms with Gasteiger partial charge >= 0.3 is 6.03 Å². The number of amides is 3. The normalized spacial score (nSPS) is 14.3. The van der Waals surface area contributed by atoms with Crippen LogP contribution < -0.4 is 14.8 Å². The van der Waals surface area contributed by atoms with Crippen LogP contribution in [0.25, 0.3) is 0 Å². The standard InChI is InChI=1S/C17H23N3O4/c1-3-4-5-6-9-24-14-8-7-13(10-15(14)23-2)11-18-20-12-16(21)19-17(20)22/h7-8,10-11H,3-6,9,12H2,1-2H3,(H,19,21,22)/b18-11-. The second kappa shape index (κ2) is 8.90. The zero-order chi connectivity index (χ0) is 17.4. The number of ether oxygens (including phenoxy) is 2. The van der Waals surface area contributed by atoms with E-state index in [0.717, 1.165) is 23.4 Å². The number of carbonyl (C=O) groups excluding carboxylic acids is 2. The molecule has 0 saturated carbocycles. The first-order valence-electron chi connectivity index (χ1n) is 8.10. The minimum absolute atomic E-state index is 0.0641. The van der Waals surface area contributed by atoms with Crippen molar-refractivity contribution in [2.45, 2.75) is 32.6 Å². The lowest BCUT2D eigenvalue weighted by Crippen LogP contribution is -2.24. The molecule has 1 saturated heterocycles. The summed E-state index contributed by atoms with van der Waals surface area (Å²) in [4.78, 5) is 22.5. The van der Waals surface area contributed by atoms with Crippen molar-refractivity contribution < 1.29 is 19.1 Å². The van der Waals surface area contributed by atoms with Gasteiger partial charge < -0.3 is 9.47 Å². The zero-order valence-electron chi connectivity index (χ0n) is 14.1. The maximum Gasteiger partial charge on any atom is 0.344 e. The Kier molecular flexibility index (Phi) is 6.60. The summed E-state index contributed by atoms with van der Waals surface area (Å²) >= 11 is 0. The molecule has 1 aromatic rings. The zero-order valence-corrected chi connectivity index (χ0v) is 14.1. The van der Waals surface area contributed by atoms with Crippen molar-refractivity contribution >= 4 is 18.2 Å². The molecular weight excluding hydrogens is 310 g/mol.